The molecule has 0 fully saturated rings. The Morgan fingerprint density at radius 1 is 0.880 bits per heavy atom. The van der Waals surface area contributed by atoms with Gasteiger partial charge in [-0.15, -0.1) is 0 Å². The number of rotatable bonds is 0. The lowest BCUT2D eigenvalue weighted by atomic mass is 9.78. The summed E-state index contributed by atoms with van der Waals surface area (Å²) in [5, 5.41) is 11.0. The Hall–Kier alpha value is -1.42. The Morgan fingerprint density at radius 3 is 2.44 bits per heavy atom. The van der Waals surface area contributed by atoms with Gasteiger partial charge in [0.05, 0.1) is 0 Å². The van der Waals surface area contributed by atoms with Crippen molar-refractivity contribution in [1.29, 1.82) is 0 Å². The van der Waals surface area contributed by atoms with Gasteiger partial charge in [0, 0.05) is 19.9 Å². The van der Waals surface area contributed by atoms with Crippen LogP contribution >= 0.6 is 31.9 Å². The maximum absolute atomic E-state index is 11.0. The molecule has 0 saturated heterocycles. The topological polar surface area (TPSA) is 20.2 Å². The predicted octanol–water partition coefficient (Wildman–Crippen LogP) is 6.58. The van der Waals surface area contributed by atoms with Gasteiger partial charge in [-0.25, -0.2) is 0 Å². The minimum absolute atomic E-state index is 0.103. The third-order valence-corrected chi connectivity index (χ3v) is 6.80. The van der Waals surface area contributed by atoms with Gasteiger partial charge in [-0.3, -0.25) is 0 Å². The van der Waals surface area contributed by atoms with Gasteiger partial charge >= 0.3 is 0 Å². The molecule has 3 aromatic rings. The van der Waals surface area contributed by atoms with E-state index in [-0.39, 0.29) is 5.41 Å². The smallest absolute Gasteiger partial charge is 0.105 e. The summed E-state index contributed by atoms with van der Waals surface area (Å²) in [6, 6.07) is 17.0. The van der Waals surface area contributed by atoms with Crippen LogP contribution in [0.4, 0.5) is 0 Å². The van der Waals surface area contributed by atoms with Crippen LogP contribution < -0.4 is 0 Å². The van der Waals surface area contributed by atoms with E-state index in [0.29, 0.717) is 0 Å². The fraction of sp³-hybridized carbons (Fsp3) is 0.182. The Labute approximate surface area is 164 Å². The Morgan fingerprint density at radius 2 is 1.64 bits per heavy atom. The minimum atomic E-state index is -0.580. The normalized spacial score (nSPS) is 18.5. The van der Waals surface area contributed by atoms with Crippen LogP contribution in [0.3, 0.4) is 0 Å². The van der Waals surface area contributed by atoms with E-state index >= 15 is 0 Å². The molecule has 3 heteroatoms. The molecule has 2 aliphatic rings. The van der Waals surface area contributed by atoms with Crippen LogP contribution in [0.1, 0.15) is 42.2 Å². The fourth-order valence-electron chi connectivity index (χ4n) is 4.60. The second-order valence-corrected chi connectivity index (χ2v) is 9.15. The molecule has 0 aromatic heterocycles. The summed E-state index contributed by atoms with van der Waals surface area (Å²) < 4.78 is 2.06. The highest BCUT2D eigenvalue weighted by molar-refractivity contribution is 9.10. The molecule has 2 aliphatic carbocycles. The molecule has 1 N–H and O–H groups in total. The van der Waals surface area contributed by atoms with Crippen molar-refractivity contribution in [2.75, 3.05) is 0 Å². The van der Waals surface area contributed by atoms with Gasteiger partial charge in [0.15, 0.2) is 0 Å². The highest BCUT2D eigenvalue weighted by atomic mass is 79.9. The average molecular weight is 456 g/mol. The number of halogens is 2. The lowest BCUT2D eigenvalue weighted by molar-refractivity contribution is 0.225. The molecular formula is C22H16Br2O. The minimum Gasteiger partial charge on any atom is -0.384 e. The third kappa shape index (κ3) is 1.92. The van der Waals surface area contributed by atoms with Gasteiger partial charge in [0.2, 0.25) is 0 Å². The molecule has 124 valence electrons. The first kappa shape index (κ1) is 15.8. The Bertz CT molecular complexity index is 1070. The lowest BCUT2D eigenvalue weighted by Crippen LogP contribution is -2.16. The van der Waals surface area contributed by atoms with Crippen LogP contribution in [0, 0.1) is 0 Å². The second kappa shape index (κ2) is 5.06. The zero-order valence-electron chi connectivity index (χ0n) is 13.9. The maximum atomic E-state index is 11.0. The van der Waals surface area contributed by atoms with Gasteiger partial charge < -0.3 is 5.11 Å². The van der Waals surface area contributed by atoms with Gasteiger partial charge in [-0.05, 0) is 57.1 Å². The first-order valence-electron chi connectivity index (χ1n) is 8.36. The van der Waals surface area contributed by atoms with E-state index in [1.807, 2.05) is 6.07 Å². The summed E-state index contributed by atoms with van der Waals surface area (Å²) in [5.74, 6) is 0. The van der Waals surface area contributed by atoms with Crippen molar-refractivity contribution in [2.24, 2.45) is 0 Å². The molecule has 3 aromatic carbocycles. The van der Waals surface area contributed by atoms with Crippen LogP contribution in [0.15, 0.2) is 57.5 Å². The monoisotopic (exact) mass is 454 g/mol. The number of benzene rings is 3. The Kier molecular flexibility index (Phi) is 3.20. The van der Waals surface area contributed by atoms with Crippen LogP contribution in [0.2, 0.25) is 0 Å². The van der Waals surface area contributed by atoms with Crippen LogP contribution in [-0.2, 0) is 5.41 Å². The number of fused-ring (bicyclic) bond motifs is 7. The van der Waals surface area contributed by atoms with Crippen molar-refractivity contribution >= 4 is 31.9 Å². The van der Waals surface area contributed by atoms with Crippen LogP contribution in [-0.4, -0.2) is 5.11 Å². The summed E-state index contributed by atoms with van der Waals surface area (Å²) in [6.07, 6.45) is -0.580. The molecule has 1 unspecified atom stereocenters. The first-order chi connectivity index (χ1) is 11.9. The van der Waals surface area contributed by atoms with E-state index < -0.39 is 6.10 Å². The summed E-state index contributed by atoms with van der Waals surface area (Å²) in [7, 11) is 0. The fourth-order valence-corrected chi connectivity index (χ4v) is 5.64. The molecule has 0 spiro atoms. The number of aliphatic hydroxyl groups excluding tert-OH is 1. The van der Waals surface area contributed by atoms with E-state index in [2.05, 4.69) is 88.2 Å². The quantitative estimate of drug-likeness (QED) is 0.405. The molecule has 5 rings (SSSR count). The summed E-state index contributed by atoms with van der Waals surface area (Å²) >= 11 is 7.33. The van der Waals surface area contributed by atoms with Crippen molar-refractivity contribution in [3.63, 3.8) is 0 Å². The van der Waals surface area contributed by atoms with E-state index in [4.69, 9.17) is 0 Å². The Balaban J connectivity index is 1.94. The second-order valence-electron chi connectivity index (χ2n) is 7.38. The third-order valence-electron chi connectivity index (χ3n) is 5.68. The number of hydrogen-bond acceptors (Lipinski definition) is 1. The molecule has 1 atom stereocenters. The molecule has 25 heavy (non-hydrogen) atoms. The molecule has 0 heterocycles. The van der Waals surface area contributed by atoms with Crippen LogP contribution in [0.5, 0.6) is 0 Å². The SMILES string of the molecule is CC1(C)c2ccccc2-c2c(Br)cc3c(c21)-c1ccc(Br)cc1C3O. The van der Waals surface area contributed by atoms with Crippen molar-refractivity contribution in [3.05, 3.63) is 79.7 Å². The number of hydrogen-bond donors (Lipinski definition) is 1. The van der Waals surface area contributed by atoms with Gasteiger partial charge in [-0.1, -0.05) is 76.0 Å². The summed E-state index contributed by atoms with van der Waals surface area (Å²) in [4.78, 5) is 0. The summed E-state index contributed by atoms with van der Waals surface area (Å²) in [5.41, 5.74) is 9.45. The standard InChI is InChI=1S/C22H16Br2O/c1-22(2)16-6-4-3-5-13(16)19-17(24)10-15-18(20(19)22)12-8-7-11(23)9-14(12)21(15)25/h3-10,21,25H,1-2H3. The largest absolute Gasteiger partial charge is 0.384 e. The average Bonchev–Trinajstić information content (AvgIpc) is 2.99. The van der Waals surface area contributed by atoms with E-state index in [9.17, 15) is 5.11 Å². The van der Waals surface area contributed by atoms with Gasteiger partial charge in [-0.2, -0.15) is 0 Å². The predicted molar refractivity (Wildman–Crippen MR) is 109 cm³/mol. The highest BCUT2D eigenvalue weighted by Crippen LogP contribution is 2.59. The van der Waals surface area contributed by atoms with Crippen LogP contribution in [0.25, 0.3) is 22.3 Å². The molecule has 0 amide bonds. The molecule has 0 saturated carbocycles. The van der Waals surface area contributed by atoms with Crippen molar-refractivity contribution < 1.29 is 5.11 Å². The summed E-state index contributed by atoms with van der Waals surface area (Å²) in [6.45, 7) is 4.57. The molecule has 0 radical (unpaired) electrons. The molecule has 0 bridgehead atoms. The first-order valence-corrected chi connectivity index (χ1v) is 9.94. The van der Waals surface area contributed by atoms with E-state index in [1.165, 1.54) is 27.8 Å². The zero-order chi connectivity index (χ0) is 17.5. The molecule has 1 nitrogen and oxygen atoms in total. The lowest BCUT2D eigenvalue weighted by Gasteiger charge is -2.25. The van der Waals surface area contributed by atoms with E-state index in [1.54, 1.807) is 0 Å². The highest BCUT2D eigenvalue weighted by Gasteiger charge is 2.42. The van der Waals surface area contributed by atoms with E-state index in [0.717, 1.165) is 25.6 Å². The molecule has 0 aliphatic heterocycles. The van der Waals surface area contributed by atoms with Gasteiger partial charge in [0.25, 0.3) is 0 Å². The van der Waals surface area contributed by atoms with Gasteiger partial charge in [0.1, 0.15) is 6.10 Å². The maximum Gasteiger partial charge on any atom is 0.105 e. The number of aliphatic hydroxyl groups is 1. The zero-order valence-corrected chi connectivity index (χ0v) is 17.1. The van der Waals surface area contributed by atoms with Crippen molar-refractivity contribution in [3.8, 4) is 22.3 Å². The van der Waals surface area contributed by atoms with Crippen molar-refractivity contribution in [2.45, 2.75) is 25.4 Å². The molecular weight excluding hydrogens is 440 g/mol. The van der Waals surface area contributed by atoms with Crippen molar-refractivity contribution in [1.82, 2.24) is 0 Å².